The van der Waals surface area contributed by atoms with Gasteiger partial charge < -0.3 is 15.0 Å². The molecule has 1 aliphatic heterocycles. The molecule has 3 nitrogen and oxygen atoms in total. The zero-order valence-corrected chi connectivity index (χ0v) is 12.4. The van der Waals surface area contributed by atoms with Crippen LogP contribution in [0.25, 0.3) is 0 Å². The van der Waals surface area contributed by atoms with Gasteiger partial charge in [-0.3, -0.25) is 0 Å². The molecule has 0 aliphatic carbocycles. The Labute approximate surface area is 116 Å². The minimum atomic E-state index is 0.234. The van der Waals surface area contributed by atoms with Gasteiger partial charge in [-0.1, -0.05) is 0 Å². The first-order valence-electron chi connectivity index (χ1n) is 7.32. The van der Waals surface area contributed by atoms with Crippen molar-refractivity contribution in [2.75, 3.05) is 32.0 Å². The minimum absolute atomic E-state index is 0.234. The number of nitrogens with zero attached hydrogens (tertiary/aromatic N) is 1. The first-order chi connectivity index (χ1) is 9.13. The molecular formula is C16H26N2O. The van der Waals surface area contributed by atoms with E-state index in [-0.39, 0.29) is 6.10 Å². The number of anilines is 1. The third kappa shape index (κ3) is 4.75. The van der Waals surface area contributed by atoms with Crippen LogP contribution < -0.4 is 10.1 Å². The van der Waals surface area contributed by atoms with Crippen molar-refractivity contribution in [3.8, 4) is 5.75 Å². The van der Waals surface area contributed by atoms with Gasteiger partial charge in [0.05, 0.1) is 6.10 Å². The summed E-state index contributed by atoms with van der Waals surface area (Å²) in [4.78, 5) is 2.41. The van der Waals surface area contributed by atoms with Crippen molar-refractivity contribution in [1.82, 2.24) is 4.90 Å². The van der Waals surface area contributed by atoms with Crippen LogP contribution in [0.5, 0.6) is 5.75 Å². The van der Waals surface area contributed by atoms with E-state index in [0.717, 1.165) is 18.2 Å². The zero-order chi connectivity index (χ0) is 13.7. The van der Waals surface area contributed by atoms with Crippen LogP contribution in [0.3, 0.4) is 0 Å². The van der Waals surface area contributed by atoms with E-state index >= 15 is 0 Å². The summed E-state index contributed by atoms with van der Waals surface area (Å²) < 4.78 is 5.64. The lowest BCUT2D eigenvalue weighted by molar-refractivity contribution is 0.226. The molecule has 2 rings (SSSR count). The second-order valence-corrected chi connectivity index (χ2v) is 5.82. The van der Waals surface area contributed by atoms with E-state index in [4.69, 9.17) is 4.74 Å². The average molecular weight is 262 g/mol. The monoisotopic (exact) mass is 262 g/mol. The van der Waals surface area contributed by atoms with Gasteiger partial charge in [-0.2, -0.15) is 0 Å². The van der Waals surface area contributed by atoms with Crippen LogP contribution in [0, 0.1) is 5.92 Å². The number of ether oxygens (including phenoxy) is 1. The van der Waals surface area contributed by atoms with Gasteiger partial charge in [0.25, 0.3) is 0 Å². The Hall–Kier alpha value is -1.22. The molecule has 0 saturated carbocycles. The van der Waals surface area contributed by atoms with E-state index in [1.807, 2.05) is 26.0 Å². The molecule has 1 N–H and O–H groups in total. The Morgan fingerprint density at radius 1 is 1.21 bits per heavy atom. The predicted molar refractivity (Wildman–Crippen MR) is 80.9 cm³/mol. The molecule has 0 aromatic heterocycles. The van der Waals surface area contributed by atoms with Crippen molar-refractivity contribution in [2.24, 2.45) is 5.92 Å². The minimum Gasteiger partial charge on any atom is -0.491 e. The Bertz CT molecular complexity index is 367. The lowest BCUT2D eigenvalue weighted by atomic mass is 9.97. The third-order valence-electron chi connectivity index (χ3n) is 3.66. The van der Waals surface area contributed by atoms with Crippen molar-refractivity contribution in [2.45, 2.75) is 32.8 Å². The van der Waals surface area contributed by atoms with Gasteiger partial charge in [-0.05, 0) is 77.0 Å². The van der Waals surface area contributed by atoms with Crippen LogP contribution in [0.2, 0.25) is 0 Å². The second kappa shape index (κ2) is 6.80. The average Bonchev–Trinajstić information content (AvgIpc) is 2.39. The van der Waals surface area contributed by atoms with Crippen LogP contribution in [0.15, 0.2) is 24.3 Å². The molecule has 0 spiro atoms. The molecule has 1 saturated heterocycles. The zero-order valence-electron chi connectivity index (χ0n) is 12.4. The van der Waals surface area contributed by atoms with Crippen LogP contribution >= 0.6 is 0 Å². The maximum atomic E-state index is 5.64. The van der Waals surface area contributed by atoms with Gasteiger partial charge >= 0.3 is 0 Å². The van der Waals surface area contributed by atoms with Crippen molar-refractivity contribution >= 4 is 5.69 Å². The summed E-state index contributed by atoms with van der Waals surface area (Å²) in [6.45, 7) is 7.64. The highest BCUT2D eigenvalue weighted by Gasteiger charge is 2.15. The number of hydrogen-bond acceptors (Lipinski definition) is 3. The molecule has 1 fully saturated rings. The SMILES string of the molecule is CC(C)Oc1ccc(NCC2CCN(C)CC2)cc1. The summed E-state index contributed by atoms with van der Waals surface area (Å²) in [5.41, 5.74) is 1.19. The van der Waals surface area contributed by atoms with Gasteiger partial charge in [-0.15, -0.1) is 0 Å². The summed E-state index contributed by atoms with van der Waals surface area (Å²) in [6.07, 6.45) is 2.84. The molecule has 1 aromatic rings. The molecule has 1 aromatic carbocycles. The fourth-order valence-electron chi connectivity index (χ4n) is 2.45. The summed E-state index contributed by atoms with van der Waals surface area (Å²) >= 11 is 0. The van der Waals surface area contributed by atoms with Crippen molar-refractivity contribution in [1.29, 1.82) is 0 Å². The highest BCUT2D eigenvalue weighted by molar-refractivity contribution is 5.46. The first-order valence-corrected chi connectivity index (χ1v) is 7.32. The third-order valence-corrected chi connectivity index (χ3v) is 3.66. The van der Waals surface area contributed by atoms with Crippen LogP contribution in [0.1, 0.15) is 26.7 Å². The standard InChI is InChI=1S/C16H26N2O/c1-13(2)19-16-6-4-15(5-7-16)17-12-14-8-10-18(3)11-9-14/h4-7,13-14,17H,8-12H2,1-3H3. The predicted octanol–water partition coefficient (Wildman–Crippen LogP) is 3.23. The smallest absolute Gasteiger partial charge is 0.119 e. The number of likely N-dealkylation sites (tertiary alicyclic amines) is 1. The number of nitrogens with one attached hydrogen (secondary N) is 1. The molecule has 19 heavy (non-hydrogen) atoms. The maximum Gasteiger partial charge on any atom is 0.119 e. The van der Waals surface area contributed by atoms with Crippen molar-refractivity contribution in [3.05, 3.63) is 24.3 Å². The second-order valence-electron chi connectivity index (χ2n) is 5.82. The summed E-state index contributed by atoms with van der Waals surface area (Å²) in [6, 6.07) is 8.29. The topological polar surface area (TPSA) is 24.5 Å². The molecular weight excluding hydrogens is 236 g/mol. The number of rotatable bonds is 5. The van der Waals surface area contributed by atoms with Crippen LogP contribution in [-0.2, 0) is 0 Å². The molecule has 106 valence electrons. The van der Waals surface area contributed by atoms with E-state index < -0.39 is 0 Å². The van der Waals surface area contributed by atoms with Crippen LogP contribution in [-0.4, -0.2) is 37.7 Å². The first kappa shape index (κ1) is 14.2. The van der Waals surface area contributed by atoms with Gasteiger partial charge in [0, 0.05) is 12.2 Å². The normalized spacial score (nSPS) is 17.7. The van der Waals surface area contributed by atoms with Crippen molar-refractivity contribution < 1.29 is 4.74 Å². The molecule has 0 unspecified atom stereocenters. The Morgan fingerprint density at radius 2 is 1.84 bits per heavy atom. The lowest BCUT2D eigenvalue weighted by Gasteiger charge is -2.29. The Kier molecular flexibility index (Phi) is 5.08. The van der Waals surface area contributed by atoms with Crippen LogP contribution in [0.4, 0.5) is 5.69 Å². The molecule has 0 bridgehead atoms. The molecule has 0 radical (unpaired) electrons. The number of benzene rings is 1. The van der Waals surface area contributed by atoms with Gasteiger partial charge in [-0.25, -0.2) is 0 Å². The summed E-state index contributed by atoms with van der Waals surface area (Å²) in [5.74, 6) is 1.75. The quantitative estimate of drug-likeness (QED) is 0.881. The van der Waals surface area contributed by atoms with E-state index in [1.54, 1.807) is 0 Å². The summed E-state index contributed by atoms with van der Waals surface area (Å²) in [5, 5.41) is 3.54. The fourth-order valence-corrected chi connectivity index (χ4v) is 2.45. The van der Waals surface area contributed by atoms with Gasteiger partial charge in [0.2, 0.25) is 0 Å². The number of hydrogen-bond donors (Lipinski definition) is 1. The van der Waals surface area contributed by atoms with Crippen molar-refractivity contribution in [3.63, 3.8) is 0 Å². The lowest BCUT2D eigenvalue weighted by Crippen LogP contribution is -2.32. The molecule has 1 heterocycles. The molecule has 3 heteroatoms. The Balaban J connectivity index is 1.76. The molecule has 0 amide bonds. The van der Waals surface area contributed by atoms with Gasteiger partial charge in [0.15, 0.2) is 0 Å². The van der Waals surface area contributed by atoms with E-state index in [9.17, 15) is 0 Å². The highest BCUT2D eigenvalue weighted by atomic mass is 16.5. The Morgan fingerprint density at radius 3 is 2.42 bits per heavy atom. The van der Waals surface area contributed by atoms with Gasteiger partial charge in [0.1, 0.15) is 5.75 Å². The maximum absolute atomic E-state index is 5.64. The molecule has 0 atom stereocenters. The highest BCUT2D eigenvalue weighted by Crippen LogP contribution is 2.19. The number of piperidine rings is 1. The van der Waals surface area contributed by atoms with E-state index in [2.05, 4.69) is 29.4 Å². The summed E-state index contributed by atoms with van der Waals surface area (Å²) in [7, 11) is 2.21. The van der Waals surface area contributed by atoms with E-state index in [0.29, 0.717) is 0 Å². The largest absolute Gasteiger partial charge is 0.491 e. The fraction of sp³-hybridized carbons (Fsp3) is 0.625. The van der Waals surface area contributed by atoms with E-state index in [1.165, 1.54) is 31.6 Å². The molecule has 1 aliphatic rings.